The topological polar surface area (TPSA) is 12.0 Å². The van der Waals surface area contributed by atoms with E-state index in [0.717, 1.165) is 19.5 Å². The van der Waals surface area contributed by atoms with Crippen molar-refractivity contribution in [2.24, 2.45) is 0 Å². The van der Waals surface area contributed by atoms with Crippen LogP contribution in [0.5, 0.6) is 0 Å². The summed E-state index contributed by atoms with van der Waals surface area (Å²) < 4.78 is 0. The van der Waals surface area contributed by atoms with Crippen molar-refractivity contribution in [2.45, 2.75) is 26.4 Å². The number of rotatable bonds is 5. The first kappa shape index (κ1) is 12.8. The van der Waals surface area contributed by atoms with Gasteiger partial charge >= 0.3 is 0 Å². The standard InChI is InChI=1S/C17H20N/c1-3-15-5-4-6-17(11-15)13-18-12-16-9-7-14(2)8-10-16/h4-11,18H,1,3,12-13H2,2H3. The number of benzene rings is 2. The Labute approximate surface area is 110 Å². The lowest BCUT2D eigenvalue weighted by atomic mass is 10.1. The first-order valence-electron chi connectivity index (χ1n) is 6.41. The van der Waals surface area contributed by atoms with Crippen LogP contribution in [0, 0.1) is 13.8 Å². The fraction of sp³-hybridized carbons (Fsp3) is 0.235. The Bertz CT molecular complexity index is 485. The summed E-state index contributed by atoms with van der Waals surface area (Å²) in [7, 11) is 0. The molecule has 1 nitrogen and oxygen atoms in total. The van der Waals surface area contributed by atoms with Gasteiger partial charge in [0, 0.05) is 13.1 Å². The molecule has 18 heavy (non-hydrogen) atoms. The zero-order valence-corrected chi connectivity index (χ0v) is 10.9. The summed E-state index contributed by atoms with van der Waals surface area (Å²) in [4.78, 5) is 0. The van der Waals surface area contributed by atoms with Crippen molar-refractivity contribution in [2.75, 3.05) is 0 Å². The second-order valence-corrected chi connectivity index (χ2v) is 4.66. The fourth-order valence-electron chi connectivity index (χ4n) is 1.95. The number of hydrogen-bond acceptors (Lipinski definition) is 1. The van der Waals surface area contributed by atoms with Gasteiger partial charge in [0.1, 0.15) is 0 Å². The molecule has 2 rings (SSSR count). The number of hydrogen-bond donors (Lipinski definition) is 1. The smallest absolute Gasteiger partial charge is 0.0208 e. The third kappa shape index (κ3) is 3.71. The van der Waals surface area contributed by atoms with Crippen LogP contribution in [-0.2, 0) is 19.5 Å². The second-order valence-electron chi connectivity index (χ2n) is 4.66. The molecule has 1 N–H and O–H groups in total. The van der Waals surface area contributed by atoms with E-state index in [2.05, 4.69) is 67.7 Å². The monoisotopic (exact) mass is 238 g/mol. The van der Waals surface area contributed by atoms with E-state index >= 15 is 0 Å². The predicted octanol–water partition coefficient (Wildman–Crippen LogP) is 3.66. The van der Waals surface area contributed by atoms with Crippen LogP contribution in [-0.4, -0.2) is 0 Å². The number of nitrogens with one attached hydrogen (secondary N) is 1. The quantitative estimate of drug-likeness (QED) is 0.838. The largest absolute Gasteiger partial charge is 0.309 e. The van der Waals surface area contributed by atoms with E-state index in [4.69, 9.17) is 0 Å². The molecule has 0 saturated carbocycles. The van der Waals surface area contributed by atoms with E-state index in [-0.39, 0.29) is 0 Å². The van der Waals surface area contributed by atoms with Gasteiger partial charge in [-0.05, 0) is 37.0 Å². The van der Waals surface area contributed by atoms with Gasteiger partial charge in [-0.1, -0.05) is 54.1 Å². The minimum Gasteiger partial charge on any atom is -0.309 e. The lowest BCUT2D eigenvalue weighted by Gasteiger charge is -2.07. The molecule has 1 heteroatoms. The van der Waals surface area contributed by atoms with Crippen molar-refractivity contribution < 1.29 is 0 Å². The molecule has 0 aliphatic rings. The molecular weight excluding hydrogens is 218 g/mol. The van der Waals surface area contributed by atoms with E-state index in [1.165, 1.54) is 22.3 Å². The third-order valence-electron chi connectivity index (χ3n) is 3.06. The van der Waals surface area contributed by atoms with E-state index < -0.39 is 0 Å². The van der Waals surface area contributed by atoms with Crippen LogP contribution in [0.25, 0.3) is 0 Å². The van der Waals surface area contributed by atoms with Gasteiger partial charge in [0.15, 0.2) is 0 Å². The summed E-state index contributed by atoms with van der Waals surface area (Å²) in [5.74, 6) is 0. The predicted molar refractivity (Wildman–Crippen MR) is 77.2 cm³/mol. The fourth-order valence-corrected chi connectivity index (χ4v) is 1.95. The summed E-state index contributed by atoms with van der Waals surface area (Å²) in [5.41, 5.74) is 5.25. The van der Waals surface area contributed by atoms with Crippen LogP contribution in [0.2, 0.25) is 0 Å². The maximum absolute atomic E-state index is 3.91. The Morgan fingerprint density at radius 3 is 2.28 bits per heavy atom. The van der Waals surface area contributed by atoms with Gasteiger partial charge in [-0.15, -0.1) is 0 Å². The summed E-state index contributed by atoms with van der Waals surface area (Å²) in [6, 6.07) is 17.3. The highest BCUT2D eigenvalue weighted by Crippen LogP contribution is 2.07. The minimum absolute atomic E-state index is 0.853. The minimum atomic E-state index is 0.853. The van der Waals surface area contributed by atoms with Gasteiger partial charge in [-0.25, -0.2) is 0 Å². The third-order valence-corrected chi connectivity index (χ3v) is 3.06. The van der Waals surface area contributed by atoms with Crippen molar-refractivity contribution >= 4 is 0 Å². The molecule has 0 aliphatic heterocycles. The summed E-state index contributed by atoms with van der Waals surface area (Å²) in [6.07, 6.45) is 0.853. The van der Waals surface area contributed by atoms with Crippen molar-refractivity contribution in [3.63, 3.8) is 0 Å². The highest BCUT2D eigenvalue weighted by Gasteiger charge is 1.96. The Kier molecular flexibility index (Phi) is 4.54. The van der Waals surface area contributed by atoms with Crippen molar-refractivity contribution in [1.82, 2.24) is 5.32 Å². The van der Waals surface area contributed by atoms with E-state index in [1.54, 1.807) is 0 Å². The van der Waals surface area contributed by atoms with Crippen LogP contribution >= 0.6 is 0 Å². The molecule has 0 unspecified atom stereocenters. The average Bonchev–Trinajstić information content (AvgIpc) is 2.41. The molecule has 0 aromatic heterocycles. The molecule has 0 spiro atoms. The molecule has 93 valence electrons. The molecule has 2 aromatic carbocycles. The Balaban J connectivity index is 1.86. The molecule has 0 amide bonds. The van der Waals surface area contributed by atoms with Gasteiger partial charge in [-0.2, -0.15) is 0 Å². The van der Waals surface area contributed by atoms with E-state index in [1.807, 2.05) is 0 Å². The van der Waals surface area contributed by atoms with Crippen LogP contribution in [0.4, 0.5) is 0 Å². The van der Waals surface area contributed by atoms with E-state index in [0.29, 0.717) is 0 Å². The lowest BCUT2D eigenvalue weighted by Crippen LogP contribution is -2.12. The molecule has 0 fully saturated rings. The van der Waals surface area contributed by atoms with Crippen LogP contribution in [0.15, 0.2) is 48.5 Å². The molecule has 2 aromatic rings. The van der Waals surface area contributed by atoms with Crippen molar-refractivity contribution in [1.29, 1.82) is 0 Å². The normalized spacial score (nSPS) is 10.6. The van der Waals surface area contributed by atoms with Crippen LogP contribution in [0.3, 0.4) is 0 Å². The molecule has 0 bridgehead atoms. The maximum Gasteiger partial charge on any atom is 0.0208 e. The molecule has 0 heterocycles. The van der Waals surface area contributed by atoms with Gasteiger partial charge in [0.25, 0.3) is 0 Å². The second kappa shape index (κ2) is 6.36. The summed E-state index contributed by atoms with van der Waals surface area (Å²) in [5, 5.41) is 3.47. The highest BCUT2D eigenvalue weighted by atomic mass is 14.8. The van der Waals surface area contributed by atoms with Gasteiger partial charge in [-0.3, -0.25) is 0 Å². The first-order chi connectivity index (χ1) is 8.78. The zero-order valence-electron chi connectivity index (χ0n) is 10.9. The molecule has 1 radical (unpaired) electrons. The molecular formula is C17H20N. The SMILES string of the molecule is [CH2]Cc1cccc(CNCc2ccc(C)cc2)c1. The average molecular weight is 238 g/mol. The first-order valence-corrected chi connectivity index (χ1v) is 6.41. The summed E-state index contributed by atoms with van der Waals surface area (Å²) >= 11 is 0. The Morgan fingerprint density at radius 1 is 0.889 bits per heavy atom. The molecule has 0 saturated heterocycles. The molecule has 0 aliphatic carbocycles. The highest BCUT2D eigenvalue weighted by molar-refractivity contribution is 5.24. The van der Waals surface area contributed by atoms with Crippen molar-refractivity contribution in [3.05, 3.63) is 77.7 Å². The van der Waals surface area contributed by atoms with Gasteiger partial charge in [0.05, 0.1) is 0 Å². The lowest BCUT2D eigenvalue weighted by molar-refractivity contribution is 0.693. The van der Waals surface area contributed by atoms with E-state index in [9.17, 15) is 0 Å². The Hall–Kier alpha value is -1.60. The van der Waals surface area contributed by atoms with Crippen LogP contribution < -0.4 is 5.32 Å². The maximum atomic E-state index is 3.91. The van der Waals surface area contributed by atoms with Gasteiger partial charge in [0.2, 0.25) is 0 Å². The van der Waals surface area contributed by atoms with Gasteiger partial charge < -0.3 is 5.32 Å². The zero-order chi connectivity index (χ0) is 12.8. The summed E-state index contributed by atoms with van der Waals surface area (Å²) in [6.45, 7) is 7.84. The van der Waals surface area contributed by atoms with Crippen LogP contribution in [0.1, 0.15) is 22.3 Å². The van der Waals surface area contributed by atoms with Crippen molar-refractivity contribution in [3.8, 4) is 0 Å². The Morgan fingerprint density at radius 2 is 1.56 bits per heavy atom. The molecule has 0 atom stereocenters. The number of aryl methyl sites for hydroxylation is 1.